The number of rotatable bonds is 6. The van der Waals surface area contributed by atoms with Crippen molar-refractivity contribution in [1.82, 2.24) is 9.55 Å². The summed E-state index contributed by atoms with van der Waals surface area (Å²) in [5, 5.41) is 0. The van der Waals surface area contributed by atoms with Crippen molar-refractivity contribution in [1.29, 1.82) is 0 Å². The van der Waals surface area contributed by atoms with E-state index in [9.17, 15) is 18.0 Å². The second-order valence-corrected chi connectivity index (χ2v) is 5.98. The molecule has 5 nitrogen and oxygen atoms in total. The molecule has 130 valence electrons. The van der Waals surface area contributed by atoms with E-state index in [1.807, 2.05) is 0 Å². The normalized spacial score (nSPS) is 13.8. The van der Waals surface area contributed by atoms with Crippen molar-refractivity contribution in [2.24, 2.45) is 5.73 Å². The van der Waals surface area contributed by atoms with Crippen LogP contribution in [0.4, 0.5) is 13.2 Å². The van der Waals surface area contributed by atoms with E-state index in [0.29, 0.717) is 4.47 Å². The molecule has 1 unspecified atom stereocenters. The lowest BCUT2D eigenvalue weighted by molar-refractivity contribution is 0.0355. The number of nitrogens with zero attached hydrogens (tertiary/aromatic N) is 2. The zero-order valence-corrected chi connectivity index (χ0v) is 14.3. The molecule has 0 fully saturated rings. The van der Waals surface area contributed by atoms with Crippen LogP contribution >= 0.6 is 15.9 Å². The summed E-state index contributed by atoms with van der Waals surface area (Å²) in [6.45, 7) is 1.16. The summed E-state index contributed by atoms with van der Waals surface area (Å²) >= 11 is 3.11. The topological polar surface area (TPSA) is 70.1 Å². The maximum absolute atomic E-state index is 14.1. The van der Waals surface area contributed by atoms with Gasteiger partial charge in [-0.15, -0.1) is 0 Å². The van der Waals surface area contributed by atoms with Crippen molar-refractivity contribution in [3.63, 3.8) is 0 Å². The summed E-state index contributed by atoms with van der Waals surface area (Å²) in [5.41, 5.74) is 3.14. The first-order chi connectivity index (χ1) is 11.3. The molecular weight excluding hydrogens is 391 g/mol. The van der Waals surface area contributed by atoms with E-state index < -0.39 is 30.3 Å². The highest BCUT2D eigenvalue weighted by Crippen LogP contribution is 2.32. The number of ether oxygens (including phenoxy) is 1. The Balaban J connectivity index is 2.45. The van der Waals surface area contributed by atoms with Crippen molar-refractivity contribution in [2.75, 3.05) is 6.61 Å². The molecule has 0 bridgehead atoms. The highest BCUT2D eigenvalue weighted by molar-refractivity contribution is 9.10. The molecule has 0 saturated carbocycles. The summed E-state index contributed by atoms with van der Waals surface area (Å²) in [5.74, 6) is -1.81. The van der Waals surface area contributed by atoms with Crippen LogP contribution in [0, 0.1) is 5.82 Å². The highest BCUT2D eigenvalue weighted by atomic mass is 79.9. The van der Waals surface area contributed by atoms with Crippen LogP contribution in [0.5, 0.6) is 0 Å². The van der Waals surface area contributed by atoms with Gasteiger partial charge in [-0.1, -0.05) is 15.9 Å². The van der Waals surface area contributed by atoms with Crippen LogP contribution in [0.3, 0.4) is 0 Å². The van der Waals surface area contributed by atoms with Gasteiger partial charge in [-0.25, -0.2) is 22.9 Å². The average Bonchev–Trinajstić information content (AvgIpc) is 2.97. The Hall–Kier alpha value is -1.87. The number of nitrogens with two attached hydrogens (primary N) is 1. The van der Waals surface area contributed by atoms with Crippen LogP contribution in [-0.4, -0.2) is 28.6 Å². The molecule has 0 radical (unpaired) electrons. The third-order valence-corrected chi connectivity index (χ3v) is 3.92. The summed E-state index contributed by atoms with van der Waals surface area (Å²) in [4.78, 5) is 15.6. The second-order valence-electron chi connectivity index (χ2n) is 5.06. The van der Waals surface area contributed by atoms with Gasteiger partial charge >= 0.3 is 5.97 Å². The van der Waals surface area contributed by atoms with E-state index in [1.54, 1.807) is 6.92 Å². The van der Waals surface area contributed by atoms with Crippen molar-refractivity contribution in [3.8, 4) is 0 Å². The molecule has 24 heavy (non-hydrogen) atoms. The molecule has 9 heteroatoms. The quantitative estimate of drug-likeness (QED) is 0.749. The molecule has 0 saturated heterocycles. The molecule has 0 aliphatic carbocycles. The molecule has 2 rings (SSSR count). The average molecular weight is 406 g/mol. The van der Waals surface area contributed by atoms with Gasteiger partial charge in [0.2, 0.25) is 5.82 Å². The first-order valence-corrected chi connectivity index (χ1v) is 7.79. The number of benzene rings is 1. The van der Waals surface area contributed by atoms with E-state index in [0.717, 1.165) is 10.6 Å². The van der Waals surface area contributed by atoms with Gasteiger partial charge in [0.05, 0.1) is 13.2 Å². The van der Waals surface area contributed by atoms with Gasteiger partial charge in [-0.3, -0.25) is 0 Å². The van der Waals surface area contributed by atoms with Gasteiger partial charge in [0.25, 0.3) is 6.43 Å². The molecule has 1 aromatic carbocycles. The maximum Gasteiger partial charge on any atom is 0.374 e. The molecule has 0 aliphatic rings. The van der Waals surface area contributed by atoms with Gasteiger partial charge in [0.1, 0.15) is 11.4 Å². The predicted octanol–water partition coefficient (Wildman–Crippen LogP) is 3.08. The Bertz CT molecular complexity index is 739. The third-order valence-electron chi connectivity index (χ3n) is 3.42. The number of hydrogen-bond acceptors (Lipinski definition) is 4. The highest BCUT2D eigenvalue weighted by Gasteiger charge is 2.41. The molecule has 1 aromatic heterocycles. The van der Waals surface area contributed by atoms with Crippen molar-refractivity contribution >= 4 is 21.9 Å². The van der Waals surface area contributed by atoms with Crippen molar-refractivity contribution in [2.45, 2.75) is 25.4 Å². The van der Waals surface area contributed by atoms with Crippen LogP contribution in [0.25, 0.3) is 0 Å². The van der Waals surface area contributed by atoms with Gasteiger partial charge in [-0.2, -0.15) is 0 Å². The van der Waals surface area contributed by atoms with E-state index in [4.69, 9.17) is 10.5 Å². The molecule has 1 heterocycles. The lowest BCUT2D eigenvalue weighted by atomic mass is 9.90. The van der Waals surface area contributed by atoms with Crippen LogP contribution in [-0.2, 0) is 16.8 Å². The van der Waals surface area contributed by atoms with Gasteiger partial charge in [0, 0.05) is 22.4 Å². The predicted molar refractivity (Wildman–Crippen MR) is 84.2 cm³/mol. The number of aromatic nitrogens is 2. The van der Waals surface area contributed by atoms with E-state index in [-0.39, 0.29) is 18.0 Å². The SMILES string of the molecule is CCOC(=O)c1nccn1CC(N)(c1cc(Br)ccc1F)C(F)F. The number of carbonyl (C=O) groups excluding carboxylic acids is 1. The van der Waals surface area contributed by atoms with Crippen LogP contribution in [0.1, 0.15) is 23.1 Å². The Morgan fingerprint density at radius 1 is 1.50 bits per heavy atom. The molecule has 1 atom stereocenters. The summed E-state index contributed by atoms with van der Waals surface area (Å²) in [7, 11) is 0. The maximum atomic E-state index is 14.1. The van der Waals surface area contributed by atoms with Crippen LogP contribution in [0.15, 0.2) is 35.1 Å². The second kappa shape index (κ2) is 7.35. The standard InChI is InChI=1S/C15H15BrF3N3O2/c1-2-24-13(23)12-21-5-6-22(12)8-15(20,14(18)19)10-7-9(16)3-4-11(10)17/h3-7,14H,2,8,20H2,1H3. The number of alkyl halides is 2. The minimum Gasteiger partial charge on any atom is -0.460 e. The number of carbonyl (C=O) groups is 1. The Morgan fingerprint density at radius 3 is 2.83 bits per heavy atom. The fourth-order valence-corrected chi connectivity index (χ4v) is 2.59. The fraction of sp³-hybridized carbons (Fsp3) is 0.333. The monoisotopic (exact) mass is 405 g/mol. The number of imidazole rings is 1. The smallest absolute Gasteiger partial charge is 0.374 e. The van der Waals surface area contributed by atoms with E-state index >= 15 is 0 Å². The largest absolute Gasteiger partial charge is 0.460 e. The Morgan fingerprint density at radius 2 is 2.21 bits per heavy atom. The summed E-state index contributed by atoms with van der Waals surface area (Å²) in [6.07, 6.45) is -0.514. The zero-order chi connectivity index (χ0) is 17.9. The Kier molecular flexibility index (Phi) is 5.66. The van der Waals surface area contributed by atoms with Crippen LogP contribution < -0.4 is 5.73 Å². The van der Waals surface area contributed by atoms with Crippen molar-refractivity contribution < 1.29 is 22.7 Å². The molecule has 0 spiro atoms. The number of esters is 1. The third kappa shape index (κ3) is 3.62. The molecule has 0 aliphatic heterocycles. The molecule has 0 amide bonds. The molecule has 2 N–H and O–H groups in total. The first-order valence-electron chi connectivity index (χ1n) is 7.00. The Labute approximate surface area is 144 Å². The van der Waals surface area contributed by atoms with Crippen molar-refractivity contribution in [3.05, 3.63) is 52.3 Å². The lowest BCUT2D eigenvalue weighted by Gasteiger charge is -2.30. The molecule has 2 aromatic rings. The van der Waals surface area contributed by atoms with E-state index in [2.05, 4.69) is 20.9 Å². The summed E-state index contributed by atoms with van der Waals surface area (Å²) in [6, 6.07) is 3.62. The number of hydrogen-bond donors (Lipinski definition) is 1. The van der Waals surface area contributed by atoms with Gasteiger partial charge < -0.3 is 15.0 Å². The summed E-state index contributed by atoms with van der Waals surface area (Å²) < 4.78 is 47.8. The number of halogens is 4. The zero-order valence-electron chi connectivity index (χ0n) is 12.7. The minimum atomic E-state index is -3.08. The lowest BCUT2D eigenvalue weighted by Crippen LogP contribution is -2.48. The first kappa shape index (κ1) is 18.5. The van der Waals surface area contributed by atoms with E-state index in [1.165, 1.54) is 24.5 Å². The fourth-order valence-electron chi connectivity index (χ4n) is 2.23. The van der Waals surface area contributed by atoms with Gasteiger partial charge in [0.15, 0.2) is 0 Å². The molecular formula is C15H15BrF3N3O2. The van der Waals surface area contributed by atoms with Gasteiger partial charge in [-0.05, 0) is 25.1 Å². The minimum absolute atomic E-state index is 0.106. The van der Waals surface area contributed by atoms with Crippen LogP contribution in [0.2, 0.25) is 0 Å².